The average Bonchev–Trinajstić information content (AvgIpc) is 2.03. The molecule has 0 heterocycles. The van der Waals surface area contributed by atoms with Crippen LogP contribution in [-0.2, 0) is 14.8 Å². The Kier molecular flexibility index (Phi) is 7.54. The minimum absolute atomic E-state index is 0.135. The molecule has 0 aliphatic heterocycles. The van der Waals surface area contributed by atoms with Gasteiger partial charge in [0.1, 0.15) is 0 Å². The Balaban J connectivity index is 3.63. The van der Waals surface area contributed by atoms with Crippen molar-refractivity contribution < 1.29 is 13.2 Å². The van der Waals surface area contributed by atoms with Crippen LogP contribution < -0.4 is 4.72 Å². The summed E-state index contributed by atoms with van der Waals surface area (Å²) in [6, 6.07) is 0. The number of halogens is 1. The summed E-state index contributed by atoms with van der Waals surface area (Å²) in [5, 5.41) is -0.135. The fourth-order valence-electron chi connectivity index (χ4n) is 0.976. The zero-order valence-corrected chi connectivity index (χ0v) is 10.2. The van der Waals surface area contributed by atoms with E-state index in [9.17, 15) is 8.42 Å². The Morgan fingerprint density at radius 1 is 1.50 bits per heavy atom. The van der Waals surface area contributed by atoms with Crippen LogP contribution in [0.25, 0.3) is 0 Å². The van der Waals surface area contributed by atoms with E-state index in [1.807, 2.05) is 6.92 Å². The summed E-state index contributed by atoms with van der Waals surface area (Å²) in [6.07, 6.45) is 1.20. The topological polar surface area (TPSA) is 55.4 Å². The minimum atomic E-state index is -3.09. The molecule has 0 aliphatic carbocycles. The van der Waals surface area contributed by atoms with Crippen molar-refractivity contribution in [3.05, 3.63) is 0 Å². The van der Waals surface area contributed by atoms with E-state index in [1.165, 1.54) is 0 Å². The predicted octanol–water partition coefficient (Wildman–Crippen LogP) is 0.960. The van der Waals surface area contributed by atoms with Crippen molar-refractivity contribution >= 4 is 21.6 Å². The van der Waals surface area contributed by atoms with Gasteiger partial charge in [-0.1, -0.05) is 6.92 Å². The number of alkyl halides is 1. The largest absolute Gasteiger partial charge is 0.383 e. The maximum atomic E-state index is 11.2. The van der Waals surface area contributed by atoms with Crippen molar-refractivity contribution in [2.75, 3.05) is 26.0 Å². The van der Waals surface area contributed by atoms with Crippen LogP contribution in [0.15, 0.2) is 0 Å². The number of ether oxygens (including phenoxy) is 1. The van der Waals surface area contributed by atoms with Crippen LogP contribution in [0, 0.1) is 0 Å². The zero-order chi connectivity index (χ0) is 11.0. The van der Waals surface area contributed by atoms with Crippen molar-refractivity contribution in [1.82, 2.24) is 4.72 Å². The van der Waals surface area contributed by atoms with Crippen LogP contribution in [-0.4, -0.2) is 39.8 Å². The first kappa shape index (κ1) is 14.2. The second-order valence-corrected chi connectivity index (χ2v) is 5.60. The van der Waals surface area contributed by atoms with Crippen LogP contribution in [0.5, 0.6) is 0 Å². The lowest BCUT2D eigenvalue weighted by Gasteiger charge is -2.09. The lowest BCUT2D eigenvalue weighted by Crippen LogP contribution is -2.29. The molecule has 1 atom stereocenters. The number of nitrogens with one attached hydrogen (secondary N) is 1. The molecule has 0 amide bonds. The van der Waals surface area contributed by atoms with Gasteiger partial charge in [-0.05, 0) is 12.8 Å². The molecule has 0 aromatic carbocycles. The van der Waals surface area contributed by atoms with Crippen molar-refractivity contribution in [3.63, 3.8) is 0 Å². The Morgan fingerprint density at radius 3 is 2.64 bits per heavy atom. The Morgan fingerprint density at radius 2 is 2.14 bits per heavy atom. The fourth-order valence-corrected chi connectivity index (χ4v) is 2.32. The summed E-state index contributed by atoms with van der Waals surface area (Å²) in [6.45, 7) is 2.64. The molecule has 0 spiro atoms. The molecule has 4 nitrogen and oxygen atoms in total. The number of sulfonamides is 1. The van der Waals surface area contributed by atoms with Crippen molar-refractivity contribution in [2.45, 2.75) is 25.1 Å². The third-order valence-corrected chi connectivity index (χ3v) is 3.53. The third kappa shape index (κ3) is 7.55. The highest BCUT2D eigenvalue weighted by molar-refractivity contribution is 7.89. The van der Waals surface area contributed by atoms with Crippen LogP contribution in [0.3, 0.4) is 0 Å². The van der Waals surface area contributed by atoms with E-state index in [1.54, 1.807) is 7.11 Å². The maximum Gasteiger partial charge on any atom is 0.211 e. The average molecular weight is 244 g/mol. The van der Waals surface area contributed by atoms with E-state index in [-0.39, 0.29) is 11.1 Å². The number of hydrogen-bond acceptors (Lipinski definition) is 3. The highest BCUT2D eigenvalue weighted by Crippen LogP contribution is 2.01. The van der Waals surface area contributed by atoms with Gasteiger partial charge in [-0.25, -0.2) is 13.1 Å². The van der Waals surface area contributed by atoms with Crippen LogP contribution in [0.2, 0.25) is 0 Å². The molecule has 0 rings (SSSR count). The quantitative estimate of drug-likeness (QED) is 0.646. The Bertz CT molecular complexity index is 231. The van der Waals surface area contributed by atoms with Gasteiger partial charge in [0, 0.05) is 13.7 Å². The van der Waals surface area contributed by atoms with Gasteiger partial charge in [0.25, 0.3) is 0 Å². The first-order chi connectivity index (χ1) is 6.52. The van der Waals surface area contributed by atoms with Gasteiger partial charge in [0.2, 0.25) is 10.0 Å². The third-order valence-electron chi connectivity index (χ3n) is 1.60. The predicted molar refractivity (Wildman–Crippen MR) is 58.2 cm³/mol. The van der Waals surface area contributed by atoms with Gasteiger partial charge < -0.3 is 4.74 Å². The van der Waals surface area contributed by atoms with Gasteiger partial charge in [-0.3, -0.25) is 0 Å². The molecule has 86 valence electrons. The van der Waals surface area contributed by atoms with Crippen molar-refractivity contribution in [3.8, 4) is 0 Å². The van der Waals surface area contributed by atoms with E-state index in [2.05, 4.69) is 4.72 Å². The lowest BCUT2D eigenvalue weighted by atomic mass is 10.3. The summed E-state index contributed by atoms with van der Waals surface area (Å²) < 4.78 is 29.7. The number of hydrogen-bond donors (Lipinski definition) is 1. The molecule has 0 saturated heterocycles. The van der Waals surface area contributed by atoms with E-state index in [0.717, 1.165) is 0 Å². The monoisotopic (exact) mass is 243 g/mol. The van der Waals surface area contributed by atoms with Gasteiger partial charge in [0.15, 0.2) is 0 Å². The van der Waals surface area contributed by atoms with Crippen LogP contribution in [0.1, 0.15) is 19.8 Å². The molecular formula is C8H18ClNO3S. The standard InChI is InChI=1S/C8H18ClNO3S/c1-3-6-14(11,12)10-5-4-8(9)7-13-2/h8,10H,3-7H2,1-2H3. The van der Waals surface area contributed by atoms with E-state index >= 15 is 0 Å². The molecule has 0 fully saturated rings. The molecule has 0 aromatic heterocycles. The van der Waals surface area contributed by atoms with Crippen LogP contribution in [0.4, 0.5) is 0 Å². The molecule has 14 heavy (non-hydrogen) atoms. The first-order valence-electron chi connectivity index (χ1n) is 4.62. The summed E-state index contributed by atoms with van der Waals surface area (Å²) in [4.78, 5) is 0. The lowest BCUT2D eigenvalue weighted by molar-refractivity contribution is 0.196. The van der Waals surface area contributed by atoms with Gasteiger partial charge in [-0.2, -0.15) is 0 Å². The highest BCUT2D eigenvalue weighted by atomic mass is 35.5. The zero-order valence-electron chi connectivity index (χ0n) is 8.62. The van der Waals surface area contributed by atoms with Gasteiger partial charge in [-0.15, -0.1) is 11.6 Å². The summed E-state index contributed by atoms with van der Waals surface area (Å²) in [5.41, 5.74) is 0. The molecule has 1 unspecified atom stereocenters. The molecule has 0 aromatic rings. The highest BCUT2D eigenvalue weighted by Gasteiger charge is 2.09. The number of rotatable bonds is 8. The molecule has 0 aliphatic rings. The minimum Gasteiger partial charge on any atom is -0.383 e. The van der Waals surface area contributed by atoms with Crippen molar-refractivity contribution in [1.29, 1.82) is 0 Å². The van der Waals surface area contributed by atoms with Gasteiger partial charge in [0.05, 0.1) is 17.7 Å². The van der Waals surface area contributed by atoms with Crippen LogP contribution >= 0.6 is 11.6 Å². The maximum absolute atomic E-state index is 11.2. The van der Waals surface area contributed by atoms with E-state index in [0.29, 0.717) is 26.0 Å². The Hall–Kier alpha value is 0.160. The summed E-state index contributed by atoms with van der Waals surface area (Å²) in [7, 11) is -1.53. The second-order valence-electron chi connectivity index (χ2n) is 3.05. The SMILES string of the molecule is CCCS(=O)(=O)NCCC(Cl)COC. The molecular weight excluding hydrogens is 226 g/mol. The molecule has 0 bridgehead atoms. The first-order valence-corrected chi connectivity index (χ1v) is 6.71. The summed E-state index contributed by atoms with van der Waals surface area (Å²) in [5.74, 6) is 0.171. The van der Waals surface area contributed by atoms with E-state index < -0.39 is 10.0 Å². The molecule has 1 N–H and O–H groups in total. The number of methoxy groups -OCH3 is 1. The van der Waals surface area contributed by atoms with Gasteiger partial charge >= 0.3 is 0 Å². The smallest absolute Gasteiger partial charge is 0.211 e. The fraction of sp³-hybridized carbons (Fsp3) is 1.00. The Labute approximate surface area is 91.0 Å². The summed E-state index contributed by atoms with van der Waals surface area (Å²) >= 11 is 5.83. The normalized spacial score (nSPS) is 14.2. The molecule has 0 radical (unpaired) electrons. The second kappa shape index (κ2) is 7.45. The molecule has 6 heteroatoms. The van der Waals surface area contributed by atoms with E-state index in [4.69, 9.17) is 16.3 Å². The molecule has 0 saturated carbocycles. The van der Waals surface area contributed by atoms with Crippen molar-refractivity contribution in [2.24, 2.45) is 0 Å².